The molecular formula is C17H14BrNO. The van der Waals surface area contributed by atoms with Crippen LogP contribution in [-0.4, -0.2) is 10.4 Å². The van der Waals surface area contributed by atoms with Gasteiger partial charge in [0.1, 0.15) is 0 Å². The number of benzene rings is 2. The summed E-state index contributed by atoms with van der Waals surface area (Å²) in [5.41, 5.74) is 3.02. The Hall–Kier alpha value is -1.87. The van der Waals surface area contributed by atoms with Crippen molar-refractivity contribution < 1.29 is 4.79 Å². The van der Waals surface area contributed by atoms with Gasteiger partial charge < -0.3 is 4.57 Å². The Kier molecular flexibility index (Phi) is 3.45. The summed E-state index contributed by atoms with van der Waals surface area (Å²) in [5.74, 6) is 0.109. The summed E-state index contributed by atoms with van der Waals surface area (Å²) in [6.45, 7) is 2.43. The molecule has 3 heteroatoms. The number of hydrogen-bond donors (Lipinski definition) is 0. The number of para-hydroxylation sites is 1. The van der Waals surface area contributed by atoms with E-state index >= 15 is 0 Å². The summed E-state index contributed by atoms with van der Waals surface area (Å²) in [5, 5.41) is 1.20. The van der Waals surface area contributed by atoms with Gasteiger partial charge >= 0.3 is 0 Å². The van der Waals surface area contributed by atoms with E-state index in [-0.39, 0.29) is 5.78 Å². The minimum Gasteiger partial charge on any atom is -0.339 e. The molecule has 1 aromatic heterocycles. The smallest absolute Gasteiger partial charge is 0.183 e. The highest BCUT2D eigenvalue weighted by atomic mass is 79.9. The molecule has 0 amide bonds. The van der Waals surface area contributed by atoms with Crippen LogP contribution in [0.15, 0.2) is 59.2 Å². The van der Waals surface area contributed by atoms with Crippen molar-refractivity contribution in [3.63, 3.8) is 0 Å². The highest BCUT2D eigenvalue weighted by molar-refractivity contribution is 9.10. The number of fused-ring (bicyclic) bond motifs is 1. The molecule has 0 fully saturated rings. The molecule has 0 aliphatic rings. The van der Waals surface area contributed by atoms with Gasteiger partial charge in [-0.25, -0.2) is 0 Å². The number of aryl methyl sites for hydroxylation is 1. The minimum absolute atomic E-state index is 0.109. The normalized spacial score (nSPS) is 10.9. The first-order chi connectivity index (χ1) is 9.66. The van der Waals surface area contributed by atoms with Crippen LogP contribution in [-0.2, 0) is 6.54 Å². The molecule has 100 valence electrons. The largest absolute Gasteiger partial charge is 0.339 e. The molecule has 0 N–H and O–H groups in total. The number of nitrogens with zero attached hydrogens (tertiary/aromatic N) is 1. The topological polar surface area (TPSA) is 22.0 Å². The number of ketones is 1. The van der Waals surface area contributed by atoms with Crippen molar-refractivity contribution in [1.82, 2.24) is 4.57 Å². The van der Waals surface area contributed by atoms with Crippen LogP contribution in [0.25, 0.3) is 10.9 Å². The molecule has 0 saturated carbocycles. The maximum Gasteiger partial charge on any atom is 0.183 e. The van der Waals surface area contributed by atoms with Crippen LogP contribution in [0, 0.1) is 6.92 Å². The molecule has 20 heavy (non-hydrogen) atoms. The zero-order chi connectivity index (χ0) is 14.1. The van der Waals surface area contributed by atoms with Gasteiger partial charge in [-0.05, 0) is 24.6 Å². The number of Topliss-reactive ketones (excluding diaryl/α,β-unsaturated/α-hetero) is 1. The van der Waals surface area contributed by atoms with Crippen LogP contribution in [0.3, 0.4) is 0 Å². The van der Waals surface area contributed by atoms with Crippen LogP contribution in [0.1, 0.15) is 15.9 Å². The molecule has 3 aromatic rings. The van der Waals surface area contributed by atoms with E-state index in [2.05, 4.69) is 35.0 Å². The van der Waals surface area contributed by atoms with Gasteiger partial charge in [0.05, 0.1) is 6.54 Å². The molecule has 0 saturated heterocycles. The van der Waals surface area contributed by atoms with E-state index in [1.54, 1.807) is 0 Å². The van der Waals surface area contributed by atoms with Crippen LogP contribution in [0.5, 0.6) is 0 Å². The second kappa shape index (κ2) is 5.25. The monoisotopic (exact) mass is 327 g/mol. The summed E-state index contributed by atoms with van der Waals surface area (Å²) in [6, 6.07) is 15.7. The van der Waals surface area contributed by atoms with Crippen molar-refractivity contribution in [1.29, 1.82) is 0 Å². The maximum atomic E-state index is 12.4. The number of carbonyl (C=O) groups excluding carboxylic acids is 1. The quantitative estimate of drug-likeness (QED) is 0.644. The zero-order valence-corrected chi connectivity index (χ0v) is 12.7. The minimum atomic E-state index is 0.109. The summed E-state index contributed by atoms with van der Waals surface area (Å²) < 4.78 is 2.87. The molecule has 1 heterocycles. The van der Waals surface area contributed by atoms with Crippen molar-refractivity contribution in [3.05, 3.63) is 70.3 Å². The molecule has 0 atom stereocenters. The number of rotatable bonds is 3. The molecule has 0 spiro atoms. The Labute approximate surface area is 126 Å². The Bertz CT molecular complexity index is 789. The summed E-state index contributed by atoms with van der Waals surface area (Å²) in [6.07, 6.45) is 2.04. The van der Waals surface area contributed by atoms with Crippen molar-refractivity contribution >= 4 is 32.6 Å². The highest BCUT2D eigenvalue weighted by Gasteiger charge is 2.12. The Morgan fingerprint density at radius 2 is 1.80 bits per heavy atom. The molecule has 3 rings (SSSR count). The first kappa shape index (κ1) is 13.1. The second-order valence-electron chi connectivity index (χ2n) is 4.86. The molecule has 2 nitrogen and oxygen atoms in total. The SMILES string of the molecule is Cc1cn(CC(=O)c2ccccc2Br)c2ccccc12. The Morgan fingerprint density at radius 1 is 1.10 bits per heavy atom. The molecule has 2 aromatic carbocycles. The van der Waals surface area contributed by atoms with Gasteiger partial charge in [-0.15, -0.1) is 0 Å². The van der Waals surface area contributed by atoms with Crippen molar-refractivity contribution in [2.45, 2.75) is 13.5 Å². The fraction of sp³-hybridized carbons (Fsp3) is 0.118. The lowest BCUT2D eigenvalue weighted by Crippen LogP contribution is -2.10. The lowest BCUT2D eigenvalue weighted by Gasteiger charge is -2.06. The zero-order valence-electron chi connectivity index (χ0n) is 11.1. The van der Waals surface area contributed by atoms with Gasteiger partial charge in [0, 0.05) is 27.1 Å². The fourth-order valence-electron chi connectivity index (χ4n) is 2.49. The van der Waals surface area contributed by atoms with Gasteiger partial charge in [0.15, 0.2) is 5.78 Å². The van der Waals surface area contributed by atoms with E-state index in [0.29, 0.717) is 6.54 Å². The van der Waals surface area contributed by atoms with Gasteiger partial charge in [0.2, 0.25) is 0 Å². The van der Waals surface area contributed by atoms with Crippen LogP contribution < -0.4 is 0 Å². The summed E-state index contributed by atoms with van der Waals surface area (Å²) >= 11 is 3.44. The van der Waals surface area contributed by atoms with E-state index in [4.69, 9.17) is 0 Å². The molecule has 0 aliphatic carbocycles. The van der Waals surface area contributed by atoms with Gasteiger partial charge in [0.25, 0.3) is 0 Å². The average molecular weight is 328 g/mol. The molecular weight excluding hydrogens is 314 g/mol. The number of hydrogen-bond acceptors (Lipinski definition) is 1. The van der Waals surface area contributed by atoms with E-state index in [1.165, 1.54) is 10.9 Å². The molecule has 0 aliphatic heterocycles. The lowest BCUT2D eigenvalue weighted by molar-refractivity contribution is 0.0973. The maximum absolute atomic E-state index is 12.4. The molecule has 0 unspecified atom stereocenters. The predicted molar refractivity (Wildman–Crippen MR) is 85.1 cm³/mol. The third-order valence-electron chi connectivity index (χ3n) is 3.48. The fourth-order valence-corrected chi connectivity index (χ4v) is 2.99. The number of carbonyl (C=O) groups is 1. The predicted octanol–water partition coefficient (Wildman–Crippen LogP) is 4.60. The number of halogens is 1. The Balaban J connectivity index is 1.98. The summed E-state index contributed by atoms with van der Waals surface area (Å²) in [4.78, 5) is 12.4. The van der Waals surface area contributed by atoms with Gasteiger partial charge in [-0.1, -0.05) is 52.3 Å². The van der Waals surface area contributed by atoms with Gasteiger partial charge in [-0.3, -0.25) is 4.79 Å². The highest BCUT2D eigenvalue weighted by Crippen LogP contribution is 2.22. The van der Waals surface area contributed by atoms with Gasteiger partial charge in [-0.2, -0.15) is 0 Å². The molecule has 0 bridgehead atoms. The Morgan fingerprint density at radius 3 is 2.60 bits per heavy atom. The lowest BCUT2D eigenvalue weighted by atomic mass is 10.1. The second-order valence-corrected chi connectivity index (χ2v) is 5.71. The number of aromatic nitrogens is 1. The summed E-state index contributed by atoms with van der Waals surface area (Å²) in [7, 11) is 0. The first-order valence-electron chi connectivity index (χ1n) is 6.49. The van der Waals surface area contributed by atoms with E-state index in [9.17, 15) is 4.79 Å². The van der Waals surface area contributed by atoms with E-state index in [1.807, 2.05) is 47.2 Å². The van der Waals surface area contributed by atoms with Crippen molar-refractivity contribution in [2.24, 2.45) is 0 Å². The van der Waals surface area contributed by atoms with Crippen LogP contribution in [0.4, 0.5) is 0 Å². The van der Waals surface area contributed by atoms with Crippen molar-refractivity contribution in [3.8, 4) is 0 Å². The third-order valence-corrected chi connectivity index (χ3v) is 4.17. The third kappa shape index (κ3) is 2.29. The van der Waals surface area contributed by atoms with E-state index in [0.717, 1.165) is 15.6 Å². The van der Waals surface area contributed by atoms with Crippen LogP contribution in [0.2, 0.25) is 0 Å². The van der Waals surface area contributed by atoms with Crippen LogP contribution >= 0.6 is 15.9 Å². The standard InChI is InChI=1S/C17H14BrNO/c1-12-10-19(16-9-5-3-6-13(12)16)11-17(20)14-7-2-4-8-15(14)18/h2-10H,11H2,1H3. The van der Waals surface area contributed by atoms with E-state index < -0.39 is 0 Å². The first-order valence-corrected chi connectivity index (χ1v) is 7.28. The molecule has 0 radical (unpaired) electrons. The van der Waals surface area contributed by atoms with Crippen molar-refractivity contribution in [2.75, 3.05) is 0 Å². The average Bonchev–Trinajstić information content (AvgIpc) is 2.76.